The predicted molar refractivity (Wildman–Crippen MR) is 124 cm³/mol. The Hall–Kier alpha value is -2.64. The molecular weight excluding hydrogens is 432 g/mol. The first-order valence-electron chi connectivity index (χ1n) is 10.7. The molecule has 2 aliphatic rings. The first-order chi connectivity index (χ1) is 15.0. The summed E-state index contributed by atoms with van der Waals surface area (Å²) in [6, 6.07) is 10.6. The van der Waals surface area contributed by atoms with Crippen LogP contribution in [0.4, 0.5) is 5.69 Å². The summed E-state index contributed by atoms with van der Waals surface area (Å²) < 4.78 is 10.7. The highest BCUT2D eigenvalue weighted by Gasteiger charge is 2.34. The Bertz CT molecular complexity index is 988. The molecule has 1 fully saturated rings. The Labute approximate surface area is 194 Å². The van der Waals surface area contributed by atoms with Crippen LogP contribution in [-0.2, 0) is 13.0 Å². The summed E-state index contributed by atoms with van der Waals surface area (Å²) in [4.78, 5) is 25.9. The quantitative estimate of drug-likeness (QED) is 0.440. The van der Waals surface area contributed by atoms with Crippen LogP contribution < -0.4 is 9.47 Å². The molecular formula is C24H29ClN2O5. The van der Waals surface area contributed by atoms with E-state index in [2.05, 4.69) is 4.90 Å². The van der Waals surface area contributed by atoms with Gasteiger partial charge in [0.1, 0.15) is 0 Å². The number of carbonyl (C=O) groups excluding carboxylic acids is 1. The van der Waals surface area contributed by atoms with Crippen LogP contribution in [0.3, 0.4) is 0 Å². The molecule has 32 heavy (non-hydrogen) atoms. The lowest BCUT2D eigenvalue weighted by Crippen LogP contribution is -2.34. The maximum Gasteiger partial charge on any atom is 0.269 e. The molecule has 7 nitrogen and oxygen atoms in total. The summed E-state index contributed by atoms with van der Waals surface area (Å²) in [5.41, 5.74) is 2.93. The summed E-state index contributed by atoms with van der Waals surface area (Å²) in [6.07, 6.45) is 3.76. The number of hydrogen-bond acceptors (Lipinski definition) is 6. The number of ether oxygens (including phenoxy) is 2. The number of rotatable bonds is 7. The second-order valence-corrected chi connectivity index (χ2v) is 8.51. The van der Waals surface area contributed by atoms with E-state index in [1.807, 2.05) is 18.2 Å². The number of carbonyl (C=O) groups is 1. The van der Waals surface area contributed by atoms with Crippen molar-refractivity contribution < 1.29 is 19.2 Å². The van der Waals surface area contributed by atoms with Crippen LogP contribution >= 0.6 is 12.4 Å². The van der Waals surface area contributed by atoms with Crippen molar-refractivity contribution in [2.75, 3.05) is 27.3 Å². The zero-order valence-corrected chi connectivity index (χ0v) is 19.2. The molecule has 0 N–H and O–H groups in total. The van der Waals surface area contributed by atoms with Crippen LogP contribution in [0.2, 0.25) is 0 Å². The van der Waals surface area contributed by atoms with Crippen molar-refractivity contribution in [1.29, 1.82) is 0 Å². The minimum Gasteiger partial charge on any atom is -0.493 e. The maximum atomic E-state index is 13.0. The van der Waals surface area contributed by atoms with Gasteiger partial charge >= 0.3 is 0 Å². The van der Waals surface area contributed by atoms with Crippen molar-refractivity contribution in [1.82, 2.24) is 4.90 Å². The molecule has 1 atom stereocenters. The van der Waals surface area contributed by atoms with E-state index < -0.39 is 0 Å². The highest BCUT2D eigenvalue weighted by Crippen LogP contribution is 2.39. The van der Waals surface area contributed by atoms with Crippen LogP contribution in [0.1, 0.15) is 40.7 Å². The first kappa shape index (κ1) is 24.0. The van der Waals surface area contributed by atoms with Crippen molar-refractivity contribution in [2.24, 2.45) is 11.8 Å². The lowest BCUT2D eigenvalue weighted by Gasteiger charge is -2.32. The van der Waals surface area contributed by atoms with E-state index in [1.165, 1.54) is 6.07 Å². The smallest absolute Gasteiger partial charge is 0.269 e. The van der Waals surface area contributed by atoms with Crippen LogP contribution in [0.5, 0.6) is 11.5 Å². The molecule has 1 heterocycles. The van der Waals surface area contributed by atoms with Crippen LogP contribution in [0.15, 0.2) is 36.4 Å². The number of nitro benzene ring substituents is 1. The number of piperidine rings is 1. The fourth-order valence-corrected chi connectivity index (χ4v) is 4.90. The van der Waals surface area contributed by atoms with E-state index in [-0.39, 0.29) is 34.7 Å². The number of ketones is 1. The average molecular weight is 461 g/mol. The maximum absolute atomic E-state index is 13.0. The van der Waals surface area contributed by atoms with Crippen LogP contribution in [0.25, 0.3) is 0 Å². The van der Waals surface area contributed by atoms with Crippen molar-refractivity contribution in [3.8, 4) is 11.5 Å². The predicted octanol–water partition coefficient (Wildman–Crippen LogP) is 4.69. The summed E-state index contributed by atoms with van der Waals surface area (Å²) in [7, 11) is 3.20. The third-order valence-electron chi connectivity index (χ3n) is 6.56. The molecule has 0 saturated carbocycles. The molecule has 2 aromatic carbocycles. The van der Waals surface area contributed by atoms with E-state index in [0.717, 1.165) is 62.0 Å². The topological polar surface area (TPSA) is 81.9 Å². The molecule has 0 amide bonds. The lowest BCUT2D eigenvalue weighted by atomic mass is 9.85. The van der Waals surface area contributed by atoms with Crippen LogP contribution in [0, 0.1) is 22.0 Å². The monoisotopic (exact) mass is 460 g/mol. The minimum absolute atomic E-state index is 0. The van der Waals surface area contributed by atoms with E-state index in [4.69, 9.17) is 9.47 Å². The fourth-order valence-electron chi connectivity index (χ4n) is 4.90. The van der Waals surface area contributed by atoms with Gasteiger partial charge in [0.15, 0.2) is 17.3 Å². The number of fused-ring (bicyclic) bond motifs is 1. The molecule has 0 radical (unpaired) electrons. The molecule has 0 bridgehead atoms. The standard InChI is InChI=1S/C24H28N2O5.ClH/c1-30-22-13-18-12-19(24(27)21(18)14-23(22)31-2)10-16-6-8-25(9-7-16)15-17-4-3-5-20(11-17)26(28)29;/h3-5,11,13-14,16,19H,6-10,12,15H2,1-2H3;1H. The summed E-state index contributed by atoms with van der Waals surface area (Å²) in [6.45, 7) is 2.62. The van der Waals surface area contributed by atoms with E-state index in [0.29, 0.717) is 17.4 Å². The zero-order chi connectivity index (χ0) is 22.0. The van der Waals surface area contributed by atoms with Gasteiger partial charge in [0.05, 0.1) is 19.1 Å². The highest BCUT2D eigenvalue weighted by atomic mass is 35.5. The fraction of sp³-hybridized carbons (Fsp3) is 0.458. The summed E-state index contributed by atoms with van der Waals surface area (Å²) in [5.74, 6) is 2.04. The number of methoxy groups -OCH3 is 2. The number of non-ortho nitro benzene ring substituents is 1. The Morgan fingerprint density at radius 1 is 1.09 bits per heavy atom. The Kier molecular flexibility index (Phi) is 7.74. The van der Waals surface area contributed by atoms with Gasteiger partial charge < -0.3 is 9.47 Å². The van der Waals surface area contributed by atoms with Gasteiger partial charge in [-0.05, 0) is 68.0 Å². The van der Waals surface area contributed by atoms with E-state index in [1.54, 1.807) is 26.4 Å². The van der Waals surface area contributed by atoms with Gasteiger partial charge in [-0.3, -0.25) is 19.8 Å². The molecule has 2 aromatic rings. The van der Waals surface area contributed by atoms with Crippen molar-refractivity contribution in [3.63, 3.8) is 0 Å². The number of nitro groups is 1. The van der Waals surface area contributed by atoms with Gasteiger partial charge in [0.25, 0.3) is 5.69 Å². The number of likely N-dealkylation sites (tertiary alicyclic amines) is 1. The molecule has 172 valence electrons. The second kappa shape index (κ2) is 10.3. The van der Waals surface area contributed by atoms with Gasteiger partial charge in [-0.15, -0.1) is 12.4 Å². The number of halogens is 1. The number of Topliss-reactive ketones (excluding diaryl/α,β-unsaturated/α-hetero) is 1. The molecule has 0 aromatic heterocycles. The number of hydrogen-bond donors (Lipinski definition) is 0. The third-order valence-corrected chi connectivity index (χ3v) is 6.56. The normalized spacial score (nSPS) is 18.7. The third kappa shape index (κ3) is 5.05. The minimum atomic E-state index is -0.350. The largest absolute Gasteiger partial charge is 0.493 e. The van der Waals surface area contributed by atoms with E-state index >= 15 is 0 Å². The average Bonchev–Trinajstić information content (AvgIpc) is 3.08. The molecule has 1 aliphatic heterocycles. The van der Waals surface area contributed by atoms with Gasteiger partial charge in [-0.1, -0.05) is 12.1 Å². The van der Waals surface area contributed by atoms with Crippen molar-refractivity contribution in [3.05, 3.63) is 63.2 Å². The van der Waals surface area contributed by atoms with Gasteiger partial charge in [0.2, 0.25) is 0 Å². The van der Waals surface area contributed by atoms with E-state index in [9.17, 15) is 14.9 Å². The molecule has 0 spiro atoms. The Morgan fingerprint density at radius 2 is 1.78 bits per heavy atom. The summed E-state index contributed by atoms with van der Waals surface area (Å²) >= 11 is 0. The van der Waals surface area contributed by atoms with Crippen LogP contribution in [-0.4, -0.2) is 42.9 Å². The SMILES string of the molecule is COc1cc2c(cc1OC)C(=O)C(CC1CCN(Cc3cccc([N+](=O)[O-])c3)CC1)C2.Cl. The molecule has 1 saturated heterocycles. The molecule has 1 unspecified atom stereocenters. The lowest BCUT2D eigenvalue weighted by molar-refractivity contribution is -0.384. The highest BCUT2D eigenvalue weighted by molar-refractivity contribution is 6.02. The molecule has 8 heteroatoms. The van der Waals surface area contributed by atoms with Crippen molar-refractivity contribution >= 4 is 23.9 Å². The number of benzene rings is 2. The second-order valence-electron chi connectivity index (χ2n) is 8.51. The first-order valence-corrected chi connectivity index (χ1v) is 10.7. The Balaban J connectivity index is 0.00000289. The molecule has 1 aliphatic carbocycles. The summed E-state index contributed by atoms with van der Waals surface area (Å²) in [5, 5.41) is 11.0. The van der Waals surface area contributed by atoms with Gasteiger partial charge in [-0.25, -0.2) is 0 Å². The molecule has 4 rings (SSSR count). The Morgan fingerprint density at radius 3 is 2.44 bits per heavy atom. The van der Waals surface area contributed by atoms with Gasteiger partial charge in [0, 0.05) is 30.2 Å². The zero-order valence-electron chi connectivity index (χ0n) is 18.4. The van der Waals surface area contributed by atoms with Crippen molar-refractivity contribution in [2.45, 2.75) is 32.2 Å². The number of nitrogens with zero attached hydrogens (tertiary/aromatic N) is 2. The van der Waals surface area contributed by atoms with Gasteiger partial charge in [-0.2, -0.15) is 0 Å².